The van der Waals surface area contributed by atoms with Gasteiger partial charge in [-0.05, 0) is 44.4 Å². The summed E-state index contributed by atoms with van der Waals surface area (Å²) in [5, 5.41) is -0.0165. The Morgan fingerprint density at radius 2 is 1.32 bits per heavy atom. The first kappa shape index (κ1) is 25.7. The van der Waals surface area contributed by atoms with Gasteiger partial charge in [0.25, 0.3) is 0 Å². The minimum Gasteiger partial charge on any atom is -0.391 e. The Morgan fingerprint density at radius 1 is 0.920 bits per heavy atom. The van der Waals surface area contributed by atoms with Gasteiger partial charge in [0.05, 0.1) is 0 Å². The maximum absolute atomic E-state index is 7.21. The summed E-state index contributed by atoms with van der Waals surface area (Å²) in [6.07, 6.45) is 3.91. The fourth-order valence-corrected chi connectivity index (χ4v) is 11.2. The summed E-state index contributed by atoms with van der Waals surface area (Å²) >= 11 is 14.4. The first-order valence-electron chi connectivity index (χ1n) is 8.85. The van der Waals surface area contributed by atoms with Gasteiger partial charge in [-0.1, -0.05) is 41.5 Å². The molecule has 0 aromatic carbocycles. The standard InChI is InChI=1S/C17H32Cl2P.Al.4ClH/c1-14(2,3)16(6,7)20(18,19)13-11-12-9-10-17(13,8)15(12,4)5;;;;;/h12-13H,9-11H2,1-8H3;;4*1H/q+1;+3;;;;/p-4/t12-,13+,17+;;;;;/m0...../s1. The molecule has 0 amide bonds. The van der Waals surface area contributed by atoms with Crippen LogP contribution < -0.4 is 0 Å². The molecule has 2 aliphatic rings. The minimum absolute atomic E-state index is 0.0165. The van der Waals surface area contributed by atoms with Gasteiger partial charge in [0.15, 0.2) is 0 Å². The SMILES string of the molecule is CC(C)(C)C(C)(C)[P+](Cl)(Cl)[C@@H]1C[C@@H]2CC[C@@]1(C)C2(C)C.[Cl][Al-]([Cl])([Cl])[Cl]. The van der Waals surface area contributed by atoms with E-state index in [0.717, 1.165) is 5.92 Å². The molecule has 2 fully saturated rings. The lowest BCUT2D eigenvalue weighted by molar-refractivity contribution is 0.154. The summed E-state index contributed by atoms with van der Waals surface area (Å²) in [6, 6.07) is 0. The molecular weight excluding hydrogens is 475 g/mol. The van der Waals surface area contributed by atoms with Crippen molar-refractivity contribution in [3.63, 3.8) is 0 Å². The summed E-state index contributed by atoms with van der Waals surface area (Å²) in [5.74, 6) is -1.25. The molecule has 150 valence electrons. The van der Waals surface area contributed by atoms with Gasteiger partial charge in [-0.15, -0.1) is 0 Å². The monoisotopic (exact) mass is 504 g/mol. The Bertz CT molecular complexity index is 488. The van der Waals surface area contributed by atoms with Crippen molar-refractivity contribution in [2.24, 2.45) is 22.2 Å². The molecule has 2 bridgehead atoms. The normalized spacial score (nSPS) is 32.4. The van der Waals surface area contributed by atoms with Crippen LogP contribution >= 0.6 is 68.6 Å². The topological polar surface area (TPSA) is 0 Å². The molecule has 0 nitrogen and oxygen atoms in total. The summed E-state index contributed by atoms with van der Waals surface area (Å²) < 4.78 is 0. The molecule has 0 aliphatic heterocycles. The summed E-state index contributed by atoms with van der Waals surface area (Å²) in [4.78, 5) is 0. The van der Waals surface area contributed by atoms with Crippen LogP contribution in [-0.4, -0.2) is 20.2 Å². The van der Waals surface area contributed by atoms with Crippen LogP contribution in [0.4, 0.5) is 0 Å². The lowest BCUT2D eigenvalue weighted by Crippen LogP contribution is -2.44. The summed E-state index contributed by atoms with van der Waals surface area (Å²) in [6.45, 7) is 18.8. The Kier molecular flexibility index (Phi) is 7.98. The Hall–Kier alpha value is 2.70. The van der Waals surface area contributed by atoms with E-state index in [-0.39, 0.29) is 10.6 Å². The molecule has 0 N–H and O–H groups in total. The van der Waals surface area contributed by atoms with E-state index in [1.807, 2.05) is 0 Å². The highest BCUT2D eigenvalue weighted by molar-refractivity contribution is 8.18. The molecule has 0 unspecified atom stereocenters. The zero-order valence-corrected chi connectivity index (χ0v) is 23.2. The number of hydrogen-bond donors (Lipinski definition) is 0. The van der Waals surface area contributed by atoms with Gasteiger partial charge in [-0.2, -0.15) is 0 Å². The third-order valence-electron chi connectivity index (χ3n) is 7.72. The van der Waals surface area contributed by atoms with Crippen LogP contribution in [0.3, 0.4) is 0 Å². The van der Waals surface area contributed by atoms with Crippen molar-refractivity contribution in [2.75, 3.05) is 0 Å². The van der Waals surface area contributed by atoms with Crippen molar-refractivity contribution < 1.29 is 0 Å². The van der Waals surface area contributed by atoms with E-state index in [0.29, 0.717) is 16.5 Å². The fourth-order valence-electron chi connectivity index (χ4n) is 4.49. The molecule has 3 atom stereocenters. The Labute approximate surface area is 184 Å². The van der Waals surface area contributed by atoms with Crippen LogP contribution in [-0.2, 0) is 0 Å². The largest absolute Gasteiger partial charge is 0.564 e. The van der Waals surface area contributed by atoms with E-state index in [1.165, 1.54) is 19.3 Å². The van der Waals surface area contributed by atoms with Crippen molar-refractivity contribution in [1.82, 2.24) is 0 Å². The molecule has 2 rings (SSSR count). The molecule has 0 aromatic rings. The molecule has 25 heavy (non-hydrogen) atoms. The van der Waals surface area contributed by atoms with E-state index in [1.54, 1.807) is 0 Å². The minimum atomic E-state index is -2.94. The van der Waals surface area contributed by atoms with Gasteiger partial charge in [0.2, 0.25) is 5.97 Å². The first-order valence-corrected chi connectivity index (χ1v) is 19.5. The van der Waals surface area contributed by atoms with E-state index in [4.69, 9.17) is 62.7 Å². The van der Waals surface area contributed by atoms with Crippen molar-refractivity contribution in [3.05, 3.63) is 0 Å². The maximum atomic E-state index is 7.21. The molecular formula is C17H32AlCl6P. The highest BCUT2D eigenvalue weighted by Gasteiger charge is 2.74. The van der Waals surface area contributed by atoms with Gasteiger partial charge in [-0.25, -0.2) is 0 Å². The molecule has 8 heteroatoms. The Balaban J connectivity index is 0.000000550. The number of fused-ring (bicyclic) bond motifs is 2. The van der Waals surface area contributed by atoms with Crippen LogP contribution in [0.1, 0.15) is 74.7 Å². The molecule has 0 radical (unpaired) electrons. The predicted molar refractivity (Wildman–Crippen MR) is 124 cm³/mol. The van der Waals surface area contributed by atoms with Gasteiger partial charge >= 0.3 is 9.39 Å². The summed E-state index contributed by atoms with van der Waals surface area (Å²) in [5.41, 5.74) is 1.34. The summed E-state index contributed by atoms with van der Waals surface area (Å²) in [7, 11) is 17.0. The molecule has 0 aromatic heterocycles. The average molecular weight is 507 g/mol. The Morgan fingerprint density at radius 3 is 1.56 bits per heavy atom. The van der Waals surface area contributed by atoms with Crippen molar-refractivity contribution in [2.45, 2.75) is 85.5 Å². The smallest absolute Gasteiger partial charge is 0.391 e. The molecule has 0 saturated heterocycles. The third-order valence-corrected chi connectivity index (χ3v) is 15.4. The zero-order valence-electron chi connectivity index (χ0n) is 16.6. The first-order chi connectivity index (χ1) is 10.7. The fraction of sp³-hybridized carbons (Fsp3) is 1.00. The second-order valence-corrected chi connectivity index (χ2v) is 29.4. The van der Waals surface area contributed by atoms with Gasteiger partial charge in [0, 0.05) is 10.8 Å². The van der Waals surface area contributed by atoms with E-state index < -0.39 is 15.4 Å². The van der Waals surface area contributed by atoms with Gasteiger partial charge in [0.1, 0.15) is 33.3 Å². The van der Waals surface area contributed by atoms with Crippen LogP contribution in [0.15, 0.2) is 0 Å². The predicted octanol–water partition coefficient (Wildman–Crippen LogP) is 9.73. The van der Waals surface area contributed by atoms with Crippen molar-refractivity contribution in [1.29, 1.82) is 0 Å². The highest BCUT2D eigenvalue weighted by atomic mass is 35.9. The van der Waals surface area contributed by atoms with E-state index >= 15 is 0 Å². The van der Waals surface area contributed by atoms with Crippen LogP contribution in [0.2, 0.25) is 0 Å². The second kappa shape index (κ2) is 7.75. The van der Waals surface area contributed by atoms with Crippen molar-refractivity contribution >= 4 is 78.0 Å². The maximum Gasteiger partial charge on any atom is 0.564 e. The molecule has 0 spiro atoms. The molecule has 2 aliphatic carbocycles. The number of hydrogen-bond acceptors (Lipinski definition) is 0. The second-order valence-electron chi connectivity index (χ2n) is 9.99. The lowest BCUT2D eigenvalue weighted by atomic mass is 9.71. The average Bonchev–Trinajstić information content (AvgIpc) is 2.67. The van der Waals surface area contributed by atoms with Gasteiger partial charge < -0.3 is 40.2 Å². The van der Waals surface area contributed by atoms with Crippen LogP contribution in [0.25, 0.3) is 0 Å². The van der Waals surface area contributed by atoms with E-state index in [2.05, 4.69) is 55.4 Å². The van der Waals surface area contributed by atoms with Gasteiger partial charge in [-0.3, -0.25) is 0 Å². The van der Waals surface area contributed by atoms with Crippen LogP contribution in [0, 0.1) is 22.2 Å². The van der Waals surface area contributed by atoms with Crippen LogP contribution in [0.5, 0.6) is 0 Å². The molecule has 0 heterocycles. The molecule has 2 saturated carbocycles. The third kappa shape index (κ3) is 4.89. The highest BCUT2D eigenvalue weighted by Crippen LogP contribution is 2.90. The zero-order chi connectivity index (χ0) is 20.3. The van der Waals surface area contributed by atoms with E-state index in [9.17, 15) is 0 Å². The number of rotatable bonds is 2. The van der Waals surface area contributed by atoms with Crippen molar-refractivity contribution in [3.8, 4) is 0 Å². The number of halogens is 6. The quantitative estimate of drug-likeness (QED) is 0.258. The lowest BCUT2D eigenvalue weighted by Gasteiger charge is -2.47.